The van der Waals surface area contributed by atoms with Crippen molar-refractivity contribution in [1.82, 2.24) is 57.4 Å². The van der Waals surface area contributed by atoms with Gasteiger partial charge in [-0.2, -0.15) is 0 Å². The number of nitrogens with one attached hydrogen (secondary N) is 9. The maximum Gasteiger partial charge on any atom is 0.330 e. The Bertz CT molecular complexity index is 5380. The number of aliphatic carboxylic acids is 1. The number of carboxylic acid groups (broad SMARTS) is 1. The summed E-state index contributed by atoms with van der Waals surface area (Å²) in [6, 6.07) is 14.3. The number of carbonyl (C=O) groups excluding carboxylic acids is 7. The van der Waals surface area contributed by atoms with Gasteiger partial charge in [0, 0.05) is 52.0 Å². The minimum atomic E-state index is -2.38. The molecule has 2 saturated heterocycles. The van der Waals surface area contributed by atoms with E-state index in [2.05, 4.69) is 58.2 Å². The van der Waals surface area contributed by atoms with Crippen molar-refractivity contribution in [3.05, 3.63) is 176 Å². The zero-order valence-corrected chi connectivity index (χ0v) is 69.0. The Kier molecular flexibility index (Phi) is 27.1. The fourth-order valence-corrected chi connectivity index (χ4v) is 16.5. The molecular weight excluding hydrogens is 1690 g/mol. The first-order valence-electron chi connectivity index (χ1n) is 38.4. The number of anilines is 1. The molecular formula is C81H88Cl3N15O23S. The molecule has 18 atom stereocenters. The van der Waals surface area contributed by atoms with E-state index in [0.717, 1.165) is 99.9 Å². The number of amides is 7. The number of aliphatic hydroxyl groups excluding tert-OH is 5. The fraction of sp³-hybridized carbons (Fsp3) is 0.358. The average Bonchev–Trinajstić information content (AvgIpc) is 1.03. The van der Waals surface area contributed by atoms with Gasteiger partial charge in [0.2, 0.25) is 58.5 Å². The normalized spacial score (nSPS) is 26.2. The number of aliphatic hydroxyl groups is 5. The number of carbonyl (C=O) groups is 8. The van der Waals surface area contributed by atoms with Gasteiger partial charge in [-0.1, -0.05) is 115 Å². The van der Waals surface area contributed by atoms with E-state index < -0.39 is 231 Å². The molecule has 7 amide bonds. The zero-order chi connectivity index (χ0) is 88.5. The third kappa shape index (κ3) is 19.5. The number of rotatable bonds is 20. The van der Waals surface area contributed by atoms with E-state index in [9.17, 15) is 60.3 Å². The lowest BCUT2D eigenvalue weighted by Gasteiger charge is -2.48. The molecule has 0 radical (unpaired) electrons. The molecule has 1 aromatic heterocycles. The Morgan fingerprint density at radius 2 is 1.32 bits per heavy atom. The van der Waals surface area contributed by atoms with E-state index in [-0.39, 0.29) is 69.6 Å². The lowest BCUT2D eigenvalue weighted by molar-refractivity contribution is -0.330. The van der Waals surface area contributed by atoms with Crippen molar-refractivity contribution in [2.75, 3.05) is 24.1 Å². The van der Waals surface area contributed by atoms with E-state index in [0.29, 0.717) is 5.02 Å². The number of phenolic OH excluding ortho intramolecular Hbond substituents is 3. The summed E-state index contributed by atoms with van der Waals surface area (Å²) in [5.74, 6) is -4.63. The molecule has 24 N–H and O–H groups in total. The maximum atomic E-state index is 16.4. The molecule has 7 aliphatic heterocycles. The van der Waals surface area contributed by atoms with Crippen molar-refractivity contribution >= 4 is 99.8 Å². The topological polar surface area (TPSA) is 591 Å². The summed E-state index contributed by atoms with van der Waals surface area (Å²) in [5, 5.41) is 136. The number of primary amides is 1. The number of benzene rings is 7. The lowest BCUT2D eigenvalue weighted by Crippen LogP contribution is -2.65. The Labute approximate surface area is 719 Å². The van der Waals surface area contributed by atoms with E-state index in [4.69, 9.17) is 80.6 Å². The average molecular weight is 1780 g/mol. The van der Waals surface area contributed by atoms with Crippen molar-refractivity contribution in [2.24, 2.45) is 17.5 Å². The minimum absolute atomic E-state index is 0.00662. The van der Waals surface area contributed by atoms with E-state index >= 15 is 24.0 Å². The summed E-state index contributed by atoms with van der Waals surface area (Å²) in [7, 11) is 1.48. The number of nitrogen functional groups attached to an aromatic ring is 2. The monoisotopic (exact) mass is 1780 g/mol. The van der Waals surface area contributed by atoms with Gasteiger partial charge in [-0.15, -0.1) is 10.2 Å². The van der Waals surface area contributed by atoms with Crippen LogP contribution < -0.4 is 79.6 Å². The van der Waals surface area contributed by atoms with Crippen LogP contribution in [0.3, 0.4) is 0 Å². The van der Waals surface area contributed by atoms with Crippen molar-refractivity contribution < 1.29 is 113 Å². The molecule has 2 fully saturated rings. The number of hydrogen-bond donors (Lipinski definition) is 21. The van der Waals surface area contributed by atoms with Crippen LogP contribution in [-0.4, -0.2) is 200 Å². The molecule has 0 saturated carbocycles. The van der Waals surface area contributed by atoms with Crippen LogP contribution >= 0.6 is 46.6 Å². The maximum absolute atomic E-state index is 16.4. The van der Waals surface area contributed by atoms with Gasteiger partial charge in [-0.25, -0.2) is 15.3 Å². The first-order chi connectivity index (χ1) is 58.5. The summed E-state index contributed by atoms with van der Waals surface area (Å²) in [4.78, 5) is 119. The quantitative estimate of drug-likeness (QED) is 0.0294. The van der Waals surface area contributed by atoms with Crippen LogP contribution in [0, 0.1) is 5.92 Å². The Hall–Kier alpha value is -11.4. The van der Waals surface area contributed by atoms with Crippen molar-refractivity contribution in [1.29, 1.82) is 0 Å². The third-order valence-corrected chi connectivity index (χ3v) is 23.4. The summed E-state index contributed by atoms with van der Waals surface area (Å²) < 4.78 is 41.6. The number of aromatic hydroxyl groups is 3. The van der Waals surface area contributed by atoms with Gasteiger partial charge in [-0.05, 0) is 139 Å². The Morgan fingerprint density at radius 3 is 1.93 bits per heavy atom. The number of ether oxygens (including phenoxy) is 6. The number of nitrogens with two attached hydrogens (primary N) is 3. The first-order valence-corrected chi connectivity index (χ1v) is 40.6. The molecule has 8 aromatic rings. The summed E-state index contributed by atoms with van der Waals surface area (Å²) >= 11 is 21.5. The molecule has 38 nitrogen and oxygen atoms in total. The summed E-state index contributed by atoms with van der Waals surface area (Å²) in [6.07, 6.45) is -18.6. The van der Waals surface area contributed by atoms with Gasteiger partial charge in [0.25, 0.3) is 5.95 Å². The van der Waals surface area contributed by atoms with Gasteiger partial charge in [0.1, 0.15) is 83.4 Å². The highest BCUT2D eigenvalue weighted by molar-refractivity contribution is 7.99. The van der Waals surface area contributed by atoms with Crippen LogP contribution in [-0.2, 0) is 59.1 Å². The largest absolute Gasteiger partial charge is 0.508 e. The Balaban J connectivity index is 1.00. The number of hydrogen-bond acceptors (Lipinski definition) is 30. The number of nitrogens with zero attached hydrogens (tertiary/aromatic N) is 3. The molecule has 8 heterocycles. The highest BCUT2D eigenvalue weighted by Crippen LogP contribution is 2.50. The second kappa shape index (κ2) is 37.4. The van der Waals surface area contributed by atoms with Gasteiger partial charge in [-0.3, -0.25) is 39.0 Å². The molecule has 15 rings (SSSR count). The van der Waals surface area contributed by atoms with Crippen LogP contribution in [0.1, 0.15) is 111 Å². The predicted octanol–water partition coefficient (Wildman–Crippen LogP) is 3.65. The number of thioether (sulfide) groups is 1. The van der Waals surface area contributed by atoms with Gasteiger partial charge in [0.15, 0.2) is 29.9 Å². The fourth-order valence-electron chi connectivity index (χ4n) is 15.0. The van der Waals surface area contributed by atoms with Gasteiger partial charge in [0.05, 0.1) is 40.8 Å². The molecule has 11 bridgehead atoms. The number of carboxylic acids is 1. The van der Waals surface area contributed by atoms with Crippen molar-refractivity contribution in [2.45, 2.75) is 168 Å². The predicted molar refractivity (Wildman–Crippen MR) is 440 cm³/mol. The number of hydrazine groups is 1. The van der Waals surface area contributed by atoms with Crippen molar-refractivity contribution in [3.63, 3.8) is 0 Å². The number of fused-ring (bicyclic) bond motifs is 15. The highest BCUT2D eigenvalue weighted by Gasteiger charge is 2.53. The number of halogens is 3. The molecule has 9 unspecified atom stereocenters. The second-order valence-corrected chi connectivity index (χ2v) is 32.9. The Morgan fingerprint density at radius 1 is 0.699 bits per heavy atom. The van der Waals surface area contributed by atoms with Gasteiger partial charge < -0.3 is 128 Å². The van der Waals surface area contributed by atoms with Crippen LogP contribution in [0.25, 0.3) is 22.3 Å². The molecule has 0 aliphatic carbocycles. The van der Waals surface area contributed by atoms with Crippen molar-refractivity contribution in [3.8, 4) is 68.2 Å². The third-order valence-electron chi connectivity index (χ3n) is 21.6. The second-order valence-electron chi connectivity index (χ2n) is 30.6. The number of aromatic nitrogens is 3. The molecule has 0 spiro atoms. The molecule has 652 valence electrons. The SMILES string of the molecule is CN[C@H](CC(C)C)C(=O)N[C@H]1C(=O)N[C@@H](CC(N)=O)C(=O)N[C@H]2C(=O)N[C@H]3C(=O)N[C@H](C(=O)N[C@@H](C(=O)O)c4cc(O)cc(O)c4-c4cc3ccc4O)[C@H](O)c3ccc(c(Cl)c3)Oc3cc2cc(c3OC2OC(CSc3nnc(NN)n3N)C(O)C(O)C2OC2CC(C)(NCc3ccc(-c4ccc(Cl)cc4)cc3)C(O)C(C)O2)Oc2ccc(cc2Cl)[C@H]1O. The van der Waals surface area contributed by atoms with Crippen LogP contribution in [0.15, 0.2) is 133 Å². The van der Waals surface area contributed by atoms with Crippen LogP contribution in [0.5, 0.6) is 46.0 Å². The van der Waals surface area contributed by atoms with E-state index in [1.807, 2.05) is 50.2 Å². The van der Waals surface area contributed by atoms with E-state index in [1.54, 1.807) is 26.0 Å². The standard InChI is InChI=1S/C81H88Cl3N15O23S/c1-32(2)20-47(88-5)71(109)94-62-64(104)38-13-18-51(45(83)22-38)118-53-24-40-25-54(68(53)122-78-69(67(107)66(106)55(120-78)31-123-80-98-97-79(96-86)99(80)87)121-57-29-81(4,70(108)33(3)117-57)89-30-34-6-8-35(9-7-34)36-10-15-41(82)16-11-36)119-52-19-14-39(23-46(52)84)65(105)63-76(114)93-61(77(115)116)44-26-42(100)27-50(102)58(44)43-21-37(12-17-49(43)101)59(73(111)95-63)92-74(112)60(40)91-72(110)48(28-56(85)103)90-75(62)113/h6-19,21-27,32-33,47-48,55,57,59-67,69-70,78,88-89,100-102,104-108H,20,28-31,86-87H2,1-5H3,(H2,85,103)(H,90,113)(H,91,110)(H,92,112)(H,93,114)(H,94,109)(H,95,111)(H,96,97)(H,115,116)/t33?,47-,48+,55?,57?,59-,60-,61-,62-,63+,64-,65-,66?,67?,69?,70?,78?,81?/m1/s1. The molecule has 7 aliphatic rings. The van der Waals surface area contributed by atoms with Crippen LogP contribution in [0.2, 0.25) is 15.1 Å². The zero-order valence-electron chi connectivity index (χ0n) is 65.9. The lowest BCUT2D eigenvalue weighted by atomic mass is 9.84. The van der Waals surface area contributed by atoms with E-state index in [1.165, 1.54) is 19.2 Å². The first kappa shape index (κ1) is 89.4. The number of phenols is 3. The van der Waals surface area contributed by atoms with Crippen LogP contribution in [0.4, 0.5) is 5.95 Å². The highest BCUT2D eigenvalue weighted by atomic mass is 35.5. The molecule has 7 aromatic carbocycles. The summed E-state index contributed by atoms with van der Waals surface area (Å²) in [6.45, 7) is 7.13. The molecule has 123 heavy (non-hydrogen) atoms. The number of likely N-dealkylation sites (N-methyl/N-ethyl adjacent to an activating group) is 1. The van der Waals surface area contributed by atoms with Gasteiger partial charge >= 0.3 is 5.97 Å². The molecule has 42 heteroatoms. The summed E-state index contributed by atoms with van der Waals surface area (Å²) in [5.41, 5.74) is 6.58. The minimum Gasteiger partial charge on any atom is -0.508 e. The smallest absolute Gasteiger partial charge is 0.330 e.